The highest BCUT2D eigenvalue weighted by atomic mass is 79.9. The molecule has 0 bridgehead atoms. The van der Waals surface area contributed by atoms with Crippen LogP contribution in [0.3, 0.4) is 0 Å². The fraction of sp³-hybridized carbons (Fsp3) is 0.611. The highest BCUT2D eigenvalue weighted by molar-refractivity contribution is 9.10. The zero-order valence-electron chi connectivity index (χ0n) is 15.1. The van der Waals surface area contributed by atoms with Gasteiger partial charge in [0.05, 0.1) is 28.0 Å². The van der Waals surface area contributed by atoms with Crippen LogP contribution in [0.1, 0.15) is 18.7 Å². The monoisotopic (exact) mass is 444 g/mol. The van der Waals surface area contributed by atoms with Gasteiger partial charge in [-0.2, -0.15) is 0 Å². The fourth-order valence-corrected chi connectivity index (χ4v) is 3.97. The van der Waals surface area contributed by atoms with Gasteiger partial charge in [-0.15, -0.1) is 11.6 Å². The third-order valence-corrected chi connectivity index (χ3v) is 6.95. The minimum atomic E-state index is -1.09. The number of aromatic nitrogens is 2. The quantitative estimate of drug-likeness (QED) is 0.285. The normalized spacial score (nSPS) is 15.1. The number of benzene rings is 1. The minimum Gasteiger partial charge on any atom is -0.492 e. The van der Waals surface area contributed by atoms with E-state index in [0.717, 1.165) is 52.3 Å². The molecule has 3 rings (SSSR count). The van der Waals surface area contributed by atoms with E-state index in [-0.39, 0.29) is 0 Å². The van der Waals surface area contributed by atoms with Crippen molar-refractivity contribution >= 4 is 46.6 Å². The second kappa shape index (κ2) is 7.99. The number of imidazole rings is 1. The van der Waals surface area contributed by atoms with Crippen LogP contribution in [-0.4, -0.2) is 30.8 Å². The molecule has 0 saturated heterocycles. The van der Waals surface area contributed by atoms with Gasteiger partial charge in [0.25, 0.3) is 0 Å². The molecule has 0 atom stereocenters. The Morgan fingerprint density at radius 3 is 2.72 bits per heavy atom. The molecule has 0 N–H and O–H groups in total. The van der Waals surface area contributed by atoms with Crippen LogP contribution in [-0.2, 0) is 17.3 Å². The second-order valence-electron chi connectivity index (χ2n) is 7.96. The molecule has 25 heavy (non-hydrogen) atoms. The molecule has 0 radical (unpaired) electrons. The molecule has 4 nitrogen and oxygen atoms in total. The largest absolute Gasteiger partial charge is 0.492 e. The first-order valence-corrected chi connectivity index (χ1v) is 13.9. The van der Waals surface area contributed by atoms with Crippen LogP contribution in [0.5, 0.6) is 5.75 Å². The van der Waals surface area contributed by atoms with Gasteiger partial charge in [-0.3, -0.25) is 0 Å². The Balaban J connectivity index is 1.77. The Morgan fingerprint density at radius 1 is 1.32 bits per heavy atom. The van der Waals surface area contributed by atoms with E-state index in [1.807, 2.05) is 12.1 Å². The first-order chi connectivity index (χ1) is 11.9. The maximum atomic E-state index is 6.10. The molecule has 0 amide bonds. The average Bonchev–Trinajstić information content (AvgIpc) is 3.30. The first kappa shape index (κ1) is 19.2. The van der Waals surface area contributed by atoms with Crippen molar-refractivity contribution < 1.29 is 9.47 Å². The lowest BCUT2D eigenvalue weighted by atomic mass is 10.3. The van der Waals surface area contributed by atoms with E-state index in [2.05, 4.69) is 45.1 Å². The highest BCUT2D eigenvalue weighted by Gasteiger charge is 2.23. The van der Waals surface area contributed by atoms with Crippen LogP contribution in [0.2, 0.25) is 25.7 Å². The summed E-state index contributed by atoms with van der Waals surface area (Å²) in [6, 6.07) is 5.20. The topological polar surface area (TPSA) is 36.3 Å². The standard InChI is InChI=1S/C18H26BrClN2O2Si/c1-25(2,3)7-6-23-12-22-16-9-17(24-11-13-4-5-13)14(19)8-15(16)21-18(22)10-20/h8-9,13H,4-7,10-12H2,1-3H3. The van der Waals surface area contributed by atoms with Crippen LogP contribution in [0.25, 0.3) is 11.0 Å². The summed E-state index contributed by atoms with van der Waals surface area (Å²) >= 11 is 9.70. The van der Waals surface area contributed by atoms with Gasteiger partial charge in [0.2, 0.25) is 0 Å². The summed E-state index contributed by atoms with van der Waals surface area (Å²) in [6.07, 6.45) is 2.55. The van der Waals surface area contributed by atoms with Gasteiger partial charge in [0.1, 0.15) is 18.3 Å². The molecule has 0 spiro atoms. The number of ether oxygens (including phenoxy) is 2. The Bertz CT molecular complexity index is 741. The minimum absolute atomic E-state index is 0.363. The van der Waals surface area contributed by atoms with E-state index in [0.29, 0.717) is 12.6 Å². The first-order valence-electron chi connectivity index (χ1n) is 8.82. The molecule has 1 fully saturated rings. The zero-order chi connectivity index (χ0) is 18.0. The van der Waals surface area contributed by atoms with Crippen molar-refractivity contribution in [2.45, 2.75) is 51.1 Å². The molecule has 1 aliphatic carbocycles. The molecule has 0 unspecified atom stereocenters. The number of hydrogen-bond acceptors (Lipinski definition) is 3. The number of nitrogens with zero attached hydrogens (tertiary/aromatic N) is 2. The molecule has 2 aromatic rings. The number of alkyl halides is 1. The van der Waals surface area contributed by atoms with Crippen molar-refractivity contribution in [2.24, 2.45) is 5.92 Å². The molecule has 1 heterocycles. The van der Waals surface area contributed by atoms with Crippen LogP contribution in [0, 0.1) is 5.92 Å². The van der Waals surface area contributed by atoms with Gasteiger partial charge < -0.3 is 14.0 Å². The molecular weight excluding hydrogens is 420 g/mol. The number of halogens is 2. The predicted molar refractivity (Wildman–Crippen MR) is 109 cm³/mol. The van der Waals surface area contributed by atoms with E-state index >= 15 is 0 Å². The van der Waals surface area contributed by atoms with Gasteiger partial charge in [-0.1, -0.05) is 19.6 Å². The molecule has 1 aromatic carbocycles. The van der Waals surface area contributed by atoms with E-state index in [4.69, 9.17) is 21.1 Å². The zero-order valence-corrected chi connectivity index (χ0v) is 18.5. The summed E-state index contributed by atoms with van der Waals surface area (Å²) in [5, 5.41) is 0. The Labute approximate surface area is 164 Å². The van der Waals surface area contributed by atoms with Crippen molar-refractivity contribution in [3.8, 4) is 5.75 Å². The Hall–Kier alpha value is -0.563. The van der Waals surface area contributed by atoms with Gasteiger partial charge >= 0.3 is 0 Å². The van der Waals surface area contributed by atoms with Crippen LogP contribution in [0.4, 0.5) is 0 Å². The van der Waals surface area contributed by atoms with E-state index < -0.39 is 8.07 Å². The SMILES string of the molecule is C[Si](C)(C)CCOCn1c(CCl)nc2cc(Br)c(OCC3CC3)cc21. The van der Waals surface area contributed by atoms with Gasteiger partial charge in [0, 0.05) is 20.7 Å². The average molecular weight is 446 g/mol. The molecule has 1 saturated carbocycles. The van der Waals surface area contributed by atoms with Gasteiger partial charge in [-0.05, 0) is 46.8 Å². The van der Waals surface area contributed by atoms with Crippen molar-refractivity contribution in [1.29, 1.82) is 0 Å². The predicted octanol–water partition coefficient (Wildman–Crippen LogP) is 5.64. The highest BCUT2D eigenvalue weighted by Crippen LogP contribution is 2.34. The third kappa shape index (κ3) is 5.22. The maximum Gasteiger partial charge on any atom is 0.135 e. The summed E-state index contributed by atoms with van der Waals surface area (Å²) in [6.45, 7) is 9.11. The summed E-state index contributed by atoms with van der Waals surface area (Å²) in [4.78, 5) is 4.64. The summed E-state index contributed by atoms with van der Waals surface area (Å²) in [7, 11) is -1.09. The lowest BCUT2D eigenvalue weighted by Crippen LogP contribution is -2.22. The number of fused-ring (bicyclic) bond motifs is 1. The third-order valence-electron chi connectivity index (χ3n) is 4.39. The van der Waals surface area contributed by atoms with E-state index in [1.54, 1.807) is 0 Å². The van der Waals surface area contributed by atoms with Crippen LogP contribution < -0.4 is 4.74 Å². The van der Waals surface area contributed by atoms with Crippen LogP contribution >= 0.6 is 27.5 Å². The van der Waals surface area contributed by atoms with E-state index in [1.165, 1.54) is 12.8 Å². The molecule has 1 aromatic heterocycles. The number of hydrogen-bond donors (Lipinski definition) is 0. The number of rotatable bonds is 9. The van der Waals surface area contributed by atoms with Gasteiger partial charge in [-0.25, -0.2) is 4.98 Å². The fourth-order valence-electron chi connectivity index (χ4n) is 2.56. The molecule has 0 aliphatic heterocycles. The smallest absolute Gasteiger partial charge is 0.135 e. The Morgan fingerprint density at radius 2 is 2.08 bits per heavy atom. The van der Waals surface area contributed by atoms with Crippen LogP contribution in [0.15, 0.2) is 16.6 Å². The summed E-state index contributed by atoms with van der Waals surface area (Å²) in [5.74, 6) is 2.78. The molecule has 138 valence electrons. The van der Waals surface area contributed by atoms with Crippen molar-refractivity contribution in [1.82, 2.24) is 9.55 Å². The van der Waals surface area contributed by atoms with Crippen molar-refractivity contribution in [2.75, 3.05) is 13.2 Å². The maximum absolute atomic E-state index is 6.10. The molecule has 1 aliphatic rings. The lowest BCUT2D eigenvalue weighted by Gasteiger charge is -2.16. The second-order valence-corrected chi connectivity index (χ2v) is 14.7. The summed E-state index contributed by atoms with van der Waals surface area (Å²) in [5.41, 5.74) is 1.92. The lowest BCUT2D eigenvalue weighted by molar-refractivity contribution is 0.0883. The summed E-state index contributed by atoms with van der Waals surface area (Å²) < 4.78 is 14.9. The molecular formula is C18H26BrClN2O2Si. The van der Waals surface area contributed by atoms with Crippen molar-refractivity contribution in [3.63, 3.8) is 0 Å². The van der Waals surface area contributed by atoms with Gasteiger partial charge in [0.15, 0.2) is 0 Å². The van der Waals surface area contributed by atoms with Crippen molar-refractivity contribution in [3.05, 3.63) is 22.4 Å². The Kier molecular flexibility index (Phi) is 6.13. The molecule has 7 heteroatoms. The van der Waals surface area contributed by atoms with E-state index in [9.17, 15) is 0 Å².